The second-order valence-electron chi connectivity index (χ2n) is 5.62. The Bertz CT molecular complexity index is 492. The van der Waals surface area contributed by atoms with E-state index < -0.39 is 0 Å². The molecule has 1 aromatic heterocycles. The normalized spacial score (nSPS) is 14.4. The molecule has 0 aliphatic heterocycles. The lowest BCUT2D eigenvalue weighted by Crippen LogP contribution is -2.23. The van der Waals surface area contributed by atoms with Gasteiger partial charge in [0, 0.05) is 32.7 Å². The van der Waals surface area contributed by atoms with E-state index in [-0.39, 0.29) is 5.91 Å². The molecule has 20 heavy (non-hydrogen) atoms. The van der Waals surface area contributed by atoms with Gasteiger partial charge in [-0.25, -0.2) is 0 Å². The highest BCUT2D eigenvalue weighted by Gasteiger charge is 2.34. The van der Waals surface area contributed by atoms with Gasteiger partial charge in [-0.1, -0.05) is 6.92 Å². The van der Waals surface area contributed by atoms with E-state index in [2.05, 4.69) is 18.7 Å². The molecule has 5 heteroatoms. The van der Waals surface area contributed by atoms with Crippen molar-refractivity contribution in [3.63, 3.8) is 0 Å². The van der Waals surface area contributed by atoms with Crippen molar-refractivity contribution < 1.29 is 4.79 Å². The average molecular weight is 295 g/mol. The quantitative estimate of drug-likeness (QED) is 0.877. The molecule has 0 atom stereocenters. The first-order valence-corrected chi connectivity index (χ1v) is 8.21. The molecular weight excluding hydrogens is 270 g/mol. The fraction of sp³-hybridized carbons (Fsp3) is 0.667. The maximum atomic E-state index is 12.3. The largest absolute Gasteiger partial charge is 0.397 e. The Morgan fingerprint density at radius 1 is 1.35 bits per heavy atom. The van der Waals surface area contributed by atoms with Crippen LogP contribution >= 0.6 is 11.3 Å². The minimum Gasteiger partial charge on any atom is -0.397 e. The number of nitrogens with two attached hydrogens (primary N) is 1. The molecule has 112 valence electrons. The molecule has 1 amide bonds. The summed E-state index contributed by atoms with van der Waals surface area (Å²) in [6.45, 7) is 6.33. The third-order valence-corrected chi connectivity index (χ3v) is 4.98. The number of thiophene rings is 1. The lowest BCUT2D eigenvalue weighted by molar-refractivity contribution is 0.0833. The van der Waals surface area contributed by atoms with Gasteiger partial charge in [0.15, 0.2) is 0 Å². The van der Waals surface area contributed by atoms with Gasteiger partial charge in [-0.2, -0.15) is 0 Å². The summed E-state index contributed by atoms with van der Waals surface area (Å²) in [7, 11) is 3.56. The van der Waals surface area contributed by atoms with E-state index in [0.717, 1.165) is 25.2 Å². The van der Waals surface area contributed by atoms with Crippen molar-refractivity contribution in [3.05, 3.63) is 10.4 Å². The second-order valence-corrected chi connectivity index (χ2v) is 6.62. The highest BCUT2D eigenvalue weighted by atomic mass is 32.1. The van der Waals surface area contributed by atoms with Crippen molar-refractivity contribution >= 4 is 27.9 Å². The highest BCUT2D eigenvalue weighted by Crippen LogP contribution is 2.52. The van der Waals surface area contributed by atoms with E-state index >= 15 is 0 Å². The van der Waals surface area contributed by atoms with Crippen LogP contribution < -0.4 is 10.6 Å². The molecule has 1 saturated carbocycles. The van der Waals surface area contributed by atoms with Crippen LogP contribution in [0, 0.1) is 0 Å². The molecule has 0 bridgehead atoms. The molecule has 1 aliphatic carbocycles. The number of amides is 1. The molecule has 1 fully saturated rings. The minimum absolute atomic E-state index is 0.0215. The fourth-order valence-electron chi connectivity index (χ4n) is 2.48. The van der Waals surface area contributed by atoms with E-state index in [1.807, 2.05) is 0 Å². The summed E-state index contributed by atoms with van der Waals surface area (Å²) in [5, 5.41) is 1.22. The van der Waals surface area contributed by atoms with Gasteiger partial charge >= 0.3 is 0 Å². The molecule has 0 radical (unpaired) electrons. The molecule has 4 nitrogen and oxygen atoms in total. The second kappa shape index (κ2) is 6.04. The zero-order valence-electron chi connectivity index (χ0n) is 12.9. The van der Waals surface area contributed by atoms with Crippen molar-refractivity contribution in [2.45, 2.75) is 39.0 Å². The first-order chi connectivity index (χ1) is 9.51. The highest BCUT2D eigenvalue weighted by molar-refractivity contribution is 7.18. The van der Waals surface area contributed by atoms with E-state index in [0.29, 0.717) is 10.8 Å². The van der Waals surface area contributed by atoms with Crippen LogP contribution in [0.3, 0.4) is 0 Å². The smallest absolute Gasteiger partial charge is 0.265 e. The summed E-state index contributed by atoms with van der Waals surface area (Å²) < 4.78 is 0. The Labute approximate surface area is 125 Å². The Hall–Kier alpha value is -1.23. The monoisotopic (exact) mass is 295 g/mol. The van der Waals surface area contributed by atoms with Crippen LogP contribution in [0.1, 0.15) is 54.3 Å². The van der Waals surface area contributed by atoms with Crippen LogP contribution in [0.15, 0.2) is 0 Å². The number of hydrogen-bond acceptors (Lipinski definition) is 4. The van der Waals surface area contributed by atoms with Gasteiger partial charge in [0.1, 0.15) is 4.88 Å². The number of nitrogens with zero attached hydrogens (tertiary/aromatic N) is 2. The Balaban J connectivity index is 2.44. The van der Waals surface area contributed by atoms with Crippen LogP contribution in [0.5, 0.6) is 0 Å². The lowest BCUT2D eigenvalue weighted by atomic mass is 10.1. The van der Waals surface area contributed by atoms with Crippen molar-refractivity contribution in [2.24, 2.45) is 0 Å². The summed E-state index contributed by atoms with van der Waals surface area (Å²) in [6, 6.07) is 0. The molecule has 0 aromatic carbocycles. The Kier molecular flexibility index (Phi) is 4.58. The Morgan fingerprint density at radius 2 is 2.00 bits per heavy atom. The van der Waals surface area contributed by atoms with Crippen LogP contribution in [0.4, 0.5) is 10.7 Å². The number of rotatable bonds is 6. The van der Waals surface area contributed by atoms with Gasteiger partial charge in [0.25, 0.3) is 5.91 Å². The topological polar surface area (TPSA) is 49.6 Å². The van der Waals surface area contributed by atoms with Gasteiger partial charge in [0.2, 0.25) is 0 Å². The minimum atomic E-state index is 0.0215. The van der Waals surface area contributed by atoms with Gasteiger partial charge in [-0.3, -0.25) is 4.79 Å². The maximum absolute atomic E-state index is 12.3. The molecule has 2 N–H and O–H groups in total. The molecular formula is C15H25N3OS. The molecule has 1 aliphatic rings. The molecule has 2 rings (SSSR count). The van der Waals surface area contributed by atoms with Gasteiger partial charge in [-0.05, 0) is 32.1 Å². The predicted octanol–water partition coefficient (Wildman–Crippen LogP) is 3.15. The van der Waals surface area contributed by atoms with E-state index in [1.165, 1.54) is 23.4 Å². The van der Waals surface area contributed by atoms with Crippen molar-refractivity contribution in [1.82, 2.24) is 4.90 Å². The van der Waals surface area contributed by atoms with Crippen molar-refractivity contribution in [1.29, 1.82) is 0 Å². The van der Waals surface area contributed by atoms with Crippen molar-refractivity contribution in [2.75, 3.05) is 37.8 Å². The van der Waals surface area contributed by atoms with Crippen LogP contribution in [0.2, 0.25) is 0 Å². The van der Waals surface area contributed by atoms with Crippen LogP contribution in [-0.2, 0) is 0 Å². The number of anilines is 2. The number of carbonyl (C=O) groups excluding carboxylic acids is 1. The van der Waals surface area contributed by atoms with Gasteiger partial charge < -0.3 is 15.5 Å². The molecule has 0 saturated heterocycles. The summed E-state index contributed by atoms with van der Waals surface area (Å²) >= 11 is 1.57. The fourth-order valence-corrected chi connectivity index (χ4v) is 3.90. The molecule has 1 heterocycles. The first kappa shape index (κ1) is 15.2. The number of carbonyl (C=O) groups is 1. The maximum Gasteiger partial charge on any atom is 0.265 e. The lowest BCUT2D eigenvalue weighted by Gasteiger charge is -2.22. The number of hydrogen-bond donors (Lipinski definition) is 1. The van der Waals surface area contributed by atoms with Gasteiger partial charge in [-0.15, -0.1) is 11.3 Å². The zero-order valence-corrected chi connectivity index (χ0v) is 13.7. The third-order valence-electron chi connectivity index (χ3n) is 3.71. The predicted molar refractivity (Wildman–Crippen MR) is 86.9 cm³/mol. The van der Waals surface area contributed by atoms with Crippen LogP contribution in [-0.4, -0.2) is 38.0 Å². The van der Waals surface area contributed by atoms with Crippen molar-refractivity contribution in [3.8, 4) is 0 Å². The van der Waals surface area contributed by atoms with E-state index in [4.69, 9.17) is 5.73 Å². The summed E-state index contributed by atoms with van der Waals surface area (Å²) in [6.07, 6.45) is 3.51. The molecule has 1 aromatic rings. The SMILES string of the molecule is CCCN(CC)c1sc(C(=O)N(C)C)c(N)c1C1CC1. The third kappa shape index (κ3) is 2.77. The standard InChI is InChI=1S/C15H25N3OS/c1-5-9-18(6-2)15-11(10-7-8-10)12(16)13(20-15)14(19)17(3)4/h10H,5-9,16H2,1-4H3. The first-order valence-electron chi connectivity index (χ1n) is 7.39. The summed E-state index contributed by atoms with van der Waals surface area (Å²) in [5.74, 6) is 0.587. The zero-order chi connectivity index (χ0) is 14.9. The van der Waals surface area contributed by atoms with Gasteiger partial charge in [0.05, 0.1) is 10.7 Å². The Morgan fingerprint density at radius 3 is 2.45 bits per heavy atom. The molecule has 0 unspecified atom stereocenters. The van der Waals surface area contributed by atoms with Crippen LogP contribution in [0.25, 0.3) is 0 Å². The van der Waals surface area contributed by atoms with E-state index in [9.17, 15) is 4.79 Å². The summed E-state index contributed by atoms with van der Waals surface area (Å²) in [5.41, 5.74) is 8.26. The number of nitrogen functional groups attached to an aromatic ring is 1. The summed E-state index contributed by atoms with van der Waals surface area (Å²) in [4.78, 5) is 17.0. The van der Waals surface area contributed by atoms with E-state index in [1.54, 1.807) is 30.3 Å². The average Bonchev–Trinajstić information content (AvgIpc) is 3.19. The molecule has 0 spiro atoms.